The summed E-state index contributed by atoms with van der Waals surface area (Å²) in [6, 6.07) is 1.65. The van der Waals surface area contributed by atoms with Gasteiger partial charge in [-0.25, -0.2) is 15.0 Å². The van der Waals surface area contributed by atoms with Crippen LogP contribution in [0.1, 0.15) is 11.9 Å². The van der Waals surface area contributed by atoms with E-state index in [1.807, 2.05) is 5.38 Å². The largest absolute Gasteiger partial charge is 0.238 e. The standard InChI is InChI=1S/C9H8ClN3S/c1-2-8-12-6(5-14-8)9-11-4-3-7(10)13-9/h3-5H,2H2,1H3. The maximum absolute atomic E-state index is 5.76. The second-order valence-corrected chi connectivity index (χ2v) is 4.01. The van der Waals surface area contributed by atoms with E-state index < -0.39 is 0 Å². The van der Waals surface area contributed by atoms with Crippen molar-refractivity contribution in [2.45, 2.75) is 13.3 Å². The van der Waals surface area contributed by atoms with Crippen LogP contribution in [0.15, 0.2) is 17.6 Å². The molecule has 0 aliphatic heterocycles. The molecule has 0 fully saturated rings. The summed E-state index contributed by atoms with van der Waals surface area (Å²) in [5.74, 6) is 0.591. The second-order valence-electron chi connectivity index (χ2n) is 2.68. The molecule has 3 nitrogen and oxygen atoms in total. The molecular weight excluding hydrogens is 218 g/mol. The van der Waals surface area contributed by atoms with Crippen molar-refractivity contribution in [1.29, 1.82) is 0 Å². The molecule has 2 aromatic rings. The van der Waals surface area contributed by atoms with Crippen molar-refractivity contribution >= 4 is 22.9 Å². The molecule has 0 atom stereocenters. The zero-order valence-electron chi connectivity index (χ0n) is 7.57. The number of nitrogens with zero attached hydrogens (tertiary/aromatic N) is 3. The van der Waals surface area contributed by atoms with Crippen LogP contribution in [0.3, 0.4) is 0 Å². The number of hydrogen-bond donors (Lipinski definition) is 0. The molecule has 14 heavy (non-hydrogen) atoms. The molecule has 5 heteroatoms. The Kier molecular flexibility index (Phi) is 2.74. The highest BCUT2D eigenvalue weighted by molar-refractivity contribution is 7.09. The first-order valence-electron chi connectivity index (χ1n) is 4.23. The zero-order chi connectivity index (χ0) is 9.97. The summed E-state index contributed by atoms with van der Waals surface area (Å²) in [6.45, 7) is 2.07. The summed E-state index contributed by atoms with van der Waals surface area (Å²) in [5.41, 5.74) is 0.800. The van der Waals surface area contributed by atoms with Crippen LogP contribution in [0.2, 0.25) is 5.15 Å². The van der Waals surface area contributed by atoms with E-state index in [1.54, 1.807) is 23.6 Å². The number of aryl methyl sites for hydroxylation is 1. The first-order valence-corrected chi connectivity index (χ1v) is 5.48. The molecule has 72 valence electrons. The first kappa shape index (κ1) is 9.55. The number of aromatic nitrogens is 3. The van der Waals surface area contributed by atoms with Gasteiger partial charge in [-0.2, -0.15) is 0 Å². The minimum Gasteiger partial charge on any atom is -0.238 e. The van der Waals surface area contributed by atoms with Crippen molar-refractivity contribution in [1.82, 2.24) is 15.0 Å². The monoisotopic (exact) mass is 225 g/mol. The highest BCUT2D eigenvalue weighted by Crippen LogP contribution is 2.19. The quantitative estimate of drug-likeness (QED) is 0.738. The van der Waals surface area contributed by atoms with Crippen LogP contribution in [0, 0.1) is 0 Å². The van der Waals surface area contributed by atoms with Crippen molar-refractivity contribution in [2.24, 2.45) is 0 Å². The van der Waals surface area contributed by atoms with Gasteiger partial charge in [0, 0.05) is 11.6 Å². The van der Waals surface area contributed by atoms with E-state index in [4.69, 9.17) is 11.6 Å². The summed E-state index contributed by atoms with van der Waals surface area (Å²) >= 11 is 7.38. The Balaban J connectivity index is 2.39. The van der Waals surface area contributed by atoms with Crippen LogP contribution < -0.4 is 0 Å². The Labute approximate surface area is 90.8 Å². The van der Waals surface area contributed by atoms with E-state index >= 15 is 0 Å². The molecule has 0 aliphatic rings. The summed E-state index contributed by atoms with van der Waals surface area (Å²) in [4.78, 5) is 12.6. The van der Waals surface area contributed by atoms with Gasteiger partial charge in [0.2, 0.25) is 0 Å². The normalized spacial score (nSPS) is 10.4. The van der Waals surface area contributed by atoms with Gasteiger partial charge in [-0.15, -0.1) is 11.3 Å². The molecule has 0 unspecified atom stereocenters. The summed E-state index contributed by atoms with van der Waals surface area (Å²) in [6.07, 6.45) is 2.57. The van der Waals surface area contributed by atoms with Crippen LogP contribution in [0.25, 0.3) is 11.5 Å². The Morgan fingerprint density at radius 1 is 1.43 bits per heavy atom. The van der Waals surface area contributed by atoms with E-state index in [-0.39, 0.29) is 0 Å². The minimum absolute atomic E-state index is 0.445. The highest BCUT2D eigenvalue weighted by atomic mass is 35.5. The van der Waals surface area contributed by atoms with Crippen molar-refractivity contribution in [3.05, 3.63) is 27.8 Å². The Morgan fingerprint density at radius 2 is 2.29 bits per heavy atom. The Hall–Kier alpha value is -1.00. The molecule has 0 spiro atoms. The maximum Gasteiger partial charge on any atom is 0.180 e. The van der Waals surface area contributed by atoms with Crippen LogP contribution >= 0.6 is 22.9 Å². The molecule has 0 aromatic carbocycles. The lowest BCUT2D eigenvalue weighted by Crippen LogP contribution is -1.88. The number of hydrogen-bond acceptors (Lipinski definition) is 4. The van der Waals surface area contributed by atoms with Crippen LogP contribution in [0.5, 0.6) is 0 Å². The molecule has 2 rings (SSSR count). The summed E-state index contributed by atoms with van der Waals surface area (Å²) in [7, 11) is 0. The van der Waals surface area contributed by atoms with Gasteiger partial charge >= 0.3 is 0 Å². The minimum atomic E-state index is 0.445. The van der Waals surface area contributed by atoms with Crippen molar-refractivity contribution in [3.8, 4) is 11.5 Å². The molecule has 0 saturated carbocycles. The lowest BCUT2D eigenvalue weighted by atomic mass is 10.4. The summed E-state index contributed by atoms with van der Waals surface area (Å²) < 4.78 is 0. The predicted octanol–water partition coefficient (Wildman–Crippen LogP) is 2.82. The topological polar surface area (TPSA) is 38.7 Å². The van der Waals surface area contributed by atoms with Crippen LogP contribution in [-0.4, -0.2) is 15.0 Å². The zero-order valence-corrected chi connectivity index (χ0v) is 9.14. The van der Waals surface area contributed by atoms with E-state index in [9.17, 15) is 0 Å². The maximum atomic E-state index is 5.76. The van der Waals surface area contributed by atoms with Crippen molar-refractivity contribution in [2.75, 3.05) is 0 Å². The van der Waals surface area contributed by atoms with Gasteiger partial charge in [-0.3, -0.25) is 0 Å². The smallest absolute Gasteiger partial charge is 0.180 e. The number of thiazole rings is 1. The highest BCUT2D eigenvalue weighted by Gasteiger charge is 2.05. The molecule has 0 N–H and O–H groups in total. The van der Waals surface area contributed by atoms with Gasteiger partial charge in [0.25, 0.3) is 0 Å². The van der Waals surface area contributed by atoms with Gasteiger partial charge in [0.1, 0.15) is 10.8 Å². The SMILES string of the molecule is CCc1nc(-c2nccc(Cl)n2)cs1. The first-order chi connectivity index (χ1) is 6.79. The molecule has 2 aromatic heterocycles. The fraction of sp³-hybridized carbons (Fsp3) is 0.222. The van der Waals surface area contributed by atoms with E-state index in [1.165, 1.54) is 0 Å². The van der Waals surface area contributed by atoms with Gasteiger partial charge in [-0.1, -0.05) is 18.5 Å². The van der Waals surface area contributed by atoms with Crippen molar-refractivity contribution in [3.63, 3.8) is 0 Å². The summed E-state index contributed by atoms with van der Waals surface area (Å²) in [5, 5.41) is 3.48. The second kappa shape index (κ2) is 4.02. The molecule has 0 saturated heterocycles. The van der Waals surface area contributed by atoms with Gasteiger partial charge in [-0.05, 0) is 12.5 Å². The van der Waals surface area contributed by atoms with Gasteiger partial charge in [0.15, 0.2) is 5.82 Å². The Morgan fingerprint density at radius 3 is 2.93 bits per heavy atom. The van der Waals surface area contributed by atoms with E-state index in [2.05, 4.69) is 21.9 Å². The van der Waals surface area contributed by atoms with E-state index in [0.717, 1.165) is 17.1 Å². The van der Waals surface area contributed by atoms with Gasteiger partial charge in [0.05, 0.1) is 5.01 Å². The predicted molar refractivity (Wildman–Crippen MR) is 57.5 cm³/mol. The third-order valence-corrected chi connectivity index (χ3v) is 2.91. The van der Waals surface area contributed by atoms with Crippen LogP contribution in [0.4, 0.5) is 0 Å². The van der Waals surface area contributed by atoms with Crippen molar-refractivity contribution < 1.29 is 0 Å². The third kappa shape index (κ3) is 1.91. The lowest BCUT2D eigenvalue weighted by Gasteiger charge is -1.94. The molecule has 0 bridgehead atoms. The number of rotatable bonds is 2. The fourth-order valence-electron chi connectivity index (χ4n) is 1.04. The number of halogens is 1. The average molecular weight is 226 g/mol. The molecular formula is C9H8ClN3S. The molecule has 0 radical (unpaired) electrons. The van der Waals surface area contributed by atoms with E-state index in [0.29, 0.717) is 11.0 Å². The third-order valence-electron chi connectivity index (χ3n) is 1.70. The lowest BCUT2D eigenvalue weighted by molar-refractivity contribution is 1.08. The van der Waals surface area contributed by atoms with Gasteiger partial charge < -0.3 is 0 Å². The average Bonchev–Trinajstić information content (AvgIpc) is 2.66. The Bertz CT molecular complexity index is 441. The molecule has 0 amide bonds. The fourth-order valence-corrected chi connectivity index (χ4v) is 1.90. The molecule has 2 heterocycles. The van der Waals surface area contributed by atoms with Crippen LogP contribution in [-0.2, 0) is 6.42 Å². The molecule has 0 aliphatic carbocycles.